The highest BCUT2D eigenvalue weighted by Gasteiger charge is 2.14. The fraction of sp³-hybridized carbons (Fsp3) is 0.556. The average molecular weight is 289 g/mol. The molecule has 0 unspecified atom stereocenters. The first-order valence-electron chi connectivity index (χ1n) is 7.75. The van der Waals surface area contributed by atoms with Gasteiger partial charge in [0.2, 0.25) is 5.91 Å². The molecule has 1 aromatic carbocycles. The lowest BCUT2D eigenvalue weighted by Crippen LogP contribution is -2.24. The van der Waals surface area contributed by atoms with Gasteiger partial charge in [0, 0.05) is 24.9 Å². The molecule has 0 fully saturated rings. The maximum atomic E-state index is 12.1. The van der Waals surface area contributed by atoms with E-state index in [9.17, 15) is 9.59 Å². The third-order valence-electron chi connectivity index (χ3n) is 3.50. The van der Waals surface area contributed by atoms with E-state index in [0.29, 0.717) is 12.1 Å². The van der Waals surface area contributed by atoms with Crippen molar-refractivity contribution in [1.29, 1.82) is 0 Å². The van der Waals surface area contributed by atoms with Crippen molar-refractivity contribution in [2.24, 2.45) is 0 Å². The summed E-state index contributed by atoms with van der Waals surface area (Å²) < 4.78 is 0. The van der Waals surface area contributed by atoms with Crippen LogP contribution in [0.1, 0.15) is 69.3 Å². The largest absolute Gasteiger partial charge is 0.356 e. The summed E-state index contributed by atoms with van der Waals surface area (Å²) in [7, 11) is 0. The third-order valence-corrected chi connectivity index (χ3v) is 3.50. The summed E-state index contributed by atoms with van der Waals surface area (Å²) in [5.41, 5.74) is 1.97. The van der Waals surface area contributed by atoms with Crippen LogP contribution in [0.5, 0.6) is 0 Å². The summed E-state index contributed by atoms with van der Waals surface area (Å²) in [5, 5.41) is 2.83. The van der Waals surface area contributed by atoms with E-state index in [1.165, 1.54) is 5.56 Å². The highest BCUT2D eigenvalue weighted by Crippen LogP contribution is 2.22. The monoisotopic (exact) mass is 289 g/mol. The maximum absolute atomic E-state index is 12.1. The summed E-state index contributed by atoms with van der Waals surface area (Å²) in [6.45, 7) is 9.21. The molecular formula is C18H27NO2. The van der Waals surface area contributed by atoms with Gasteiger partial charge < -0.3 is 5.32 Å². The Balaban J connectivity index is 2.47. The lowest BCUT2D eigenvalue weighted by atomic mass is 9.86. The molecule has 1 rings (SSSR count). The second-order valence-corrected chi connectivity index (χ2v) is 6.45. The van der Waals surface area contributed by atoms with Crippen molar-refractivity contribution in [2.45, 2.75) is 58.8 Å². The first-order chi connectivity index (χ1) is 9.84. The molecule has 0 atom stereocenters. The van der Waals surface area contributed by atoms with E-state index in [-0.39, 0.29) is 29.9 Å². The quantitative estimate of drug-likeness (QED) is 0.612. The normalized spacial score (nSPS) is 11.2. The van der Waals surface area contributed by atoms with Crippen molar-refractivity contribution in [3.8, 4) is 0 Å². The Labute approximate surface area is 128 Å². The number of nitrogens with one attached hydrogen (secondary N) is 1. The molecule has 1 aromatic rings. The molecule has 0 saturated carbocycles. The van der Waals surface area contributed by atoms with Gasteiger partial charge in [-0.1, -0.05) is 58.4 Å². The minimum absolute atomic E-state index is 0.0288. The Hall–Kier alpha value is -1.64. The maximum Gasteiger partial charge on any atom is 0.220 e. The lowest BCUT2D eigenvalue weighted by Gasteiger charge is -2.18. The summed E-state index contributed by atoms with van der Waals surface area (Å²) in [5.74, 6) is -0.00999. The van der Waals surface area contributed by atoms with E-state index >= 15 is 0 Å². The third kappa shape index (κ3) is 6.11. The van der Waals surface area contributed by atoms with Crippen LogP contribution in [0.25, 0.3) is 0 Å². The van der Waals surface area contributed by atoms with Gasteiger partial charge in [-0.05, 0) is 17.4 Å². The van der Waals surface area contributed by atoms with Crippen LogP contribution in [0.3, 0.4) is 0 Å². The highest BCUT2D eigenvalue weighted by molar-refractivity contribution is 5.97. The van der Waals surface area contributed by atoms with Gasteiger partial charge >= 0.3 is 0 Å². The molecule has 0 aliphatic rings. The number of ketones is 1. The zero-order valence-electron chi connectivity index (χ0n) is 13.7. The number of carbonyl (C=O) groups excluding carboxylic acids is 2. The van der Waals surface area contributed by atoms with Gasteiger partial charge in [0.05, 0.1) is 0 Å². The first-order valence-corrected chi connectivity index (χ1v) is 7.75. The molecule has 1 N–H and O–H groups in total. The standard InChI is InChI=1S/C18H27NO2/c1-5-6-13-19-17(21)12-11-16(20)14-7-9-15(10-8-14)18(2,3)4/h7-10H,5-6,11-13H2,1-4H3,(H,19,21). The van der Waals surface area contributed by atoms with Gasteiger partial charge in [0.1, 0.15) is 0 Å². The zero-order valence-corrected chi connectivity index (χ0v) is 13.7. The van der Waals surface area contributed by atoms with Gasteiger partial charge in [-0.3, -0.25) is 9.59 Å². The van der Waals surface area contributed by atoms with E-state index in [1.54, 1.807) is 0 Å². The van der Waals surface area contributed by atoms with E-state index < -0.39 is 0 Å². The molecule has 3 nitrogen and oxygen atoms in total. The number of unbranched alkanes of at least 4 members (excludes halogenated alkanes) is 1. The summed E-state index contributed by atoms with van der Waals surface area (Å²) in [4.78, 5) is 23.6. The van der Waals surface area contributed by atoms with Crippen LogP contribution < -0.4 is 5.32 Å². The molecule has 3 heteroatoms. The molecule has 0 spiro atoms. The Kier molecular flexibility index (Phi) is 6.60. The van der Waals surface area contributed by atoms with Crippen LogP contribution >= 0.6 is 0 Å². The molecule has 0 heterocycles. The molecular weight excluding hydrogens is 262 g/mol. The van der Waals surface area contributed by atoms with Crippen molar-refractivity contribution in [3.05, 3.63) is 35.4 Å². The van der Waals surface area contributed by atoms with Crippen molar-refractivity contribution in [1.82, 2.24) is 5.32 Å². The molecule has 0 bridgehead atoms. The fourth-order valence-corrected chi connectivity index (χ4v) is 2.02. The Bertz CT molecular complexity index is 469. The average Bonchev–Trinajstić information content (AvgIpc) is 2.44. The first kappa shape index (κ1) is 17.4. The van der Waals surface area contributed by atoms with Crippen LogP contribution in [-0.2, 0) is 10.2 Å². The SMILES string of the molecule is CCCCNC(=O)CCC(=O)c1ccc(C(C)(C)C)cc1. The molecule has 0 aliphatic heterocycles. The van der Waals surface area contributed by atoms with E-state index in [0.717, 1.165) is 12.8 Å². The van der Waals surface area contributed by atoms with Crippen LogP contribution in [0.15, 0.2) is 24.3 Å². The molecule has 0 saturated heterocycles. The number of carbonyl (C=O) groups is 2. The number of rotatable bonds is 7. The van der Waals surface area contributed by atoms with E-state index in [1.807, 2.05) is 24.3 Å². The molecule has 21 heavy (non-hydrogen) atoms. The Morgan fingerprint density at radius 3 is 2.19 bits per heavy atom. The molecule has 0 aliphatic carbocycles. The number of Topliss-reactive ketones (excluding diaryl/α,β-unsaturated/α-hetero) is 1. The number of hydrogen-bond acceptors (Lipinski definition) is 2. The number of hydrogen-bond donors (Lipinski definition) is 1. The van der Waals surface area contributed by atoms with E-state index in [4.69, 9.17) is 0 Å². The van der Waals surface area contributed by atoms with Crippen molar-refractivity contribution < 1.29 is 9.59 Å². The summed E-state index contributed by atoms with van der Waals surface area (Å²) in [6.07, 6.45) is 2.57. The van der Waals surface area contributed by atoms with Gasteiger partial charge in [0.25, 0.3) is 0 Å². The predicted octanol–water partition coefficient (Wildman–Crippen LogP) is 3.86. The van der Waals surface area contributed by atoms with Crippen molar-refractivity contribution in [2.75, 3.05) is 6.54 Å². The van der Waals surface area contributed by atoms with Crippen molar-refractivity contribution in [3.63, 3.8) is 0 Å². The minimum atomic E-state index is -0.0388. The highest BCUT2D eigenvalue weighted by atomic mass is 16.2. The molecule has 116 valence electrons. The second kappa shape index (κ2) is 7.96. The van der Waals surface area contributed by atoms with Gasteiger partial charge in [-0.2, -0.15) is 0 Å². The number of benzene rings is 1. The van der Waals surface area contributed by atoms with Gasteiger partial charge in [-0.25, -0.2) is 0 Å². The lowest BCUT2D eigenvalue weighted by molar-refractivity contribution is -0.121. The van der Waals surface area contributed by atoms with Crippen LogP contribution in [0, 0.1) is 0 Å². The predicted molar refractivity (Wildman–Crippen MR) is 86.6 cm³/mol. The summed E-state index contributed by atoms with van der Waals surface area (Å²) >= 11 is 0. The summed E-state index contributed by atoms with van der Waals surface area (Å²) in [6, 6.07) is 7.71. The van der Waals surface area contributed by atoms with E-state index in [2.05, 4.69) is 33.0 Å². The minimum Gasteiger partial charge on any atom is -0.356 e. The zero-order chi connectivity index (χ0) is 15.9. The van der Waals surface area contributed by atoms with Crippen molar-refractivity contribution >= 4 is 11.7 Å². The smallest absolute Gasteiger partial charge is 0.220 e. The van der Waals surface area contributed by atoms with Gasteiger partial charge in [-0.15, -0.1) is 0 Å². The van der Waals surface area contributed by atoms with Crippen LogP contribution in [-0.4, -0.2) is 18.2 Å². The van der Waals surface area contributed by atoms with Gasteiger partial charge in [0.15, 0.2) is 5.78 Å². The molecule has 0 radical (unpaired) electrons. The Morgan fingerprint density at radius 1 is 1.05 bits per heavy atom. The fourth-order valence-electron chi connectivity index (χ4n) is 2.02. The molecule has 1 amide bonds. The van der Waals surface area contributed by atoms with Crippen LogP contribution in [0.4, 0.5) is 0 Å². The topological polar surface area (TPSA) is 46.2 Å². The number of amides is 1. The second-order valence-electron chi connectivity index (χ2n) is 6.45. The Morgan fingerprint density at radius 2 is 1.67 bits per heavy atom. The van der Waals surface area contributed by atoms with Crippen LogP contribution in [0.2, 0.25) is 0 Å². The molecule has 0 aromatic heterocycles.